The molecule has 0 bridgehead atoms. The molecule has 0 saturated heterocycles. The molecule has 1 heterocycles. The summed E-state index contributed by atoms with van der Waals surface area (Å²) in [6.07, 6.45) is 3.22. The summed E-state index contributed by atoms with van der Waals surface area (Å²) < 4.78 is 0. The van der Waals surface area contributed by atoms with Gasteiger partial charge in [0.05, 0.1) is 5.69 Å². The molecule has 0 fully saturated rings. The van der Waals surface area contributed by atoms with Crippen LogP contribution < -0.4 is 5.32 Å². The van der Waals surface area contributed by atoms with Crippen molar-refractivity contribution in [1.82, 2.24) is 15.2 Å². The SMILES string of the molecule is CC(C)CC(C)N(C)Cc1ccc(CNC(C)(C)C)cn1. The van der Waals surface area contributed by atoms with Gasteiger partial charge in [-0.15, -0.1) is 0 Å². The molecule has 1 aromatic rings. The van der Waals surface area contributed by atoms with Gasteiger partial charge in [0.25, 0.3) is 0 Å². The third-order valence-electron chi connectivity index (χ3n) is 3.69. The zero-order valence-electron chi connectivity index (χ0n) is 14.9. The van der Waals surface area contributed by atoms with Crippen LogP contribution in [0.1, 0.15) is 59.2 Å². The molecule has 1 atom stereocenters. The number of rotatable bonds is 7. The van der Waals surface area contributed by atoms with Crippen LogP contribution in [-0.4, -0.2) is 28.5 Å². The lowest BCUT2D eigenvalue weighted by Gasteiger charge is -2.26. The average Bonchev–Trinajstić information content (AvgIpc) is 2.36. The summed E-state index contributed by atoms with van der Waals surface area (Å²) in [6, 6.07) is 4.93. The number of aromatic nitrogens is 1. The Hall–Kier alpha value is -0.930. The van der Waals surface area contributed by atoms with Crippen molar-refractivity contribution in [2.24, 2.45) is 5.92 Å². The summed E-state index contributed by atoms with van der Waals surface area (Å²) in [5.41, 5.74) is 2.53. The third kappa shape index (κ3) is 7.58. The van der Waals surface area contributed by atoms with Gasteiger partial charge in [-0.2, -0.15) is 0 Å². The summed E-state index contributed by atoms with van der Waals surface area (Å²) in [7, 11) is 2.18. The quantitative estimate of drug-likeness (QED) is 0.827. The predicted octanol–water partition coefficient (Wildman–Crippen LogP) is 3.84. The fraction of sp³-hybridized carbons (Fsp3) is 0.722. The smallest absolute Gasteiger partial charge is 0.0544 e. The Morgan fingerprint density at radius 3 is 2.33 bits per heavy atom. The molecule has 0 spiro atoms. The second-order valence-electron chi connectivity index (χ2n) is 7.66. The first kappa shape index (κ1) is 18.1. The van der Waals surface area contributed by atoms with Crippen LogP contribution in [-0.2, 0) is 13.1 Å². The Labute approximate surface area is 131 Å². The van der Waals surface area contributed by atoms with Crippen molar-refractivity contribution in [3.8, 4) is 0 Å². The minimum absolute atomic E-state index is 0.144. The zero-order chi connectivity index (χ0) is 16.0. The fourth-order valence-electron chi connectivity index (χ4n) is 2.29. The average molecular weight is 291 g/mol. The maximum atomic E-state index is 4.60. The molecule has 1 N–H and O–H groups in total. The Kier molecular flexibility index (Phi) is 6.82. The van der Waals surface area contributed by atoms with Crippen molar-refractivity contribution in [3.05, 3.63) is 29.6 Å². The molecular weight excluding hydrogens is 258 g/mol. The van der Waals surface area contributed by atoms with Gasteiger partial charge in [-0.05, 0) is 58.7 Å². The summed E-state index contributed by atoms with van der Waals surface area (Å²) in [4.78, 5) is 6.98. The molecule has 1 unspecified atom stereocenters. The molecule has 0 saturated carbocycles. The largest absolute Gasteiger partial charge is 0.308 e. The number of nitrogens with one attached hydrogen (secondary N) is 1. The maximum Gasteiger partial charge on any atom is 0.0544 e. The molecule has 0 amide bonds. The van der Waals surface area contributed by atoms with Gasteiger partial charge in [-0.3, -0.25) is 9.88 Å². The highest BCUT2D eigenvalue weighted by molar-refractivity contribution is 5.14. The van der Waals surface area contributed by atoms with Crippen molar-refractivity contribution >= 4 is 0 Å². The lowest BCUT2D eigenvalue weighted by molar-refractivity contribution is 0.218. The van der Waals surface area contributed by atoms with Crippen LogP contribution >= 0.6 is 0 Å². The lowest BCUT2D eigenvalue weighted by Crippen LogP contribution is -2.35. The van der Waals surface area contributed by atoms with E-state index in [1.807, 2.05) is 6.20 Å². The highest BCUT2D eigenvalue weighted by Gasteiger charge is 2.12. The van der Waals surface area contributed by atoms with Gasteiger partial charge in [-0.25, -0.2) is 0 Å². The topological polar surface area (TPSA) is 28.2 Å². The van der Waals surface area contributed by atoms with E-state index in [9.17, 15) is 0 Å². The molecule has 3 nitrogen and oxygen atoms in total. The molecule has 3 heteroatoms. The zero-order valence-corrected chi connectivity index (χ0v) is 14.9. The van der Waals surface area contributed by atoms with Crippen molar-refractivity contribution in [2.45, 2.75) is 72.6 Å². The molecule has 0 aromatic carbocycles. The Bertz CT molecular complexity index is 403. The van der Waals surface area contributed by atoms with Gasteiger partial charge < -0.3 is 5.32 Å². The first-order valence-electron chi connectivity index (χ1n) is 8.06. The Morgan fingerprint density at radius 1 is 1.19 bits per heavy atom. The van der Waals surface area contributed by atoms with Crippen LogP contribution in [0.2, 0.25) is 0 Å². The van der Waals surface area contributed by atoms with Crippen molar-refractivity contribution in [3.63, 3.8) is 0 Å². The van der Waals surface area contributed by atoms with Crippen molar-refractivity contribution in [2.75, 3.05) is 7.05 Å². The van der Waals surface area contributed by atoms with E-state index < -0.39 is 0 Å². The molecule has 1 rings (SSSR count). The predicted molar refractivity (Wildman–Crippen MR) is 91.2 cm³/mol. The summed E-state index contributed by atoms with van der Waals surface area (Å²) in [6.45, 7) is 15.2. The molecule has 0 radical (unpaired) electrons. The second kappa shape index (κ2) is 7.90. The van der Waals surface area contributed by atoms with Crippen molar-refractivity contribution in [1.29, 1.82) is 0 Å². The molecular formula is C18H33N3. The highest BCUT2D eigenvalue weighted by atomic mass is 15.1. The molecule has 1 aromatic heterocycles. The van der Waals surface area contributed by atoms with E-state index >= 15 is 0 Å². The first-order chi connectivity index (χ1) is 9.67. The van der Waals surface area contributed by atoms with Gasteiger partial charge in [-0.1, -0.05) is 19.9 Å². The standard InChI is InChI=1S/C18H33N3/c1-14(2)10-15(3)21(7)13-17-9-8-16(11-19-17)12-20-18(4,5)6/h8-9,11,14-15,20H,10,12-13H2,1-7H3. The van der Waals surface area contributed by atoms with Crippen LogP contribution in [0.15, 0.2) is 18.3 Å². The summed E-state index contributed by atoms with van der Waals surface area (Å²) >= 11 is 0. The van der Waals surface area contributed by atoms with Gasteiger partial charge in [0.2, 0.25) is 0 Å². The van der Waals surface area contributed by atoms with Crippen LogP contribution in [0, 0.1) is 5.92 Å². The lowest BCUT2D eigenvalue weighted by atomic mass is 10.0. The van der Waals surface area contributed by atoms with E-state index in [0.29, 0.717) is 6.04 Å². The van der Waals surface area contributed by atoms with Gasteiger partial charge >= 0.3 is 0 Å². The van der Waals surface area contributed by atoms with Crippen LogP contribution in [0.25, 0.3) is 0 Å². The van der Waals surface area contributed by atoms with Crippen LogP contribution in [0.3, 0.4) is 0 Å². The van der Waals surface area contributed by atoms with E-state index in [1.54, 1.807) is 0 Å². The maximum absolute atomic E-state index is 4.60. The number of hydrogen-bond acceptors (Lipinski definition) is 3. The number of pyridine rings is 1. The fourth-order valence-corrected chi connectivity index (χ4v) is 2.29. The monoisotopic (exact) mass is 291 g/mol. The normalized spacial score (nSPS) is 14.0. The molecule has 0 aliphatic heterocycles. The van der Waals surface area contributed by atoms with Gasteiger partial charge in [0.1, 0.15) is 0 Å². The Balaban J connectivity index is 2.50. The highest BCUT2D eigenvalue weighted by Crippen LogP contribution is 2.12. The number of nitrogens with zero attached hydrogens (tertiary/aromatic N) is 2. The van der Waals surface area contributed by atoms with Crippen molar-refractivity contribution < 1.29 is 0 Å². The van der Waals surface area contributed by atoms with E-state index in [4.69, 9.17) is 0 Å². The summed E-state index contributed by atoms with van der Waals surface area (Å²) in [5, 5.41) is 3.49. The second-order valence-corrected chi connectivity index (χ2v) is 7.66. The van der Waals surface area contributed by atoms with Gasteiger partial charge in [0, 0.05) is 30.9 Å². The molecule has 0 aliphatic carbocycles. The third-order valence-corrected chi connectivity index (χ3v) is 3.69. The first-order valence-corrected chi connectivity index (χ1v) is 8.06. The summed E-state index contributed by atoms with van der Waals surface area (Å²) in [5.74, 6) is 0.737. The van der Waals surface area contributed by atoms with E-state index in [-0.39, 0.29) is 5.54 Å². The minimum atomic E-state index is 0.144. The molecule has 120 valence electrons. The minimum Gasteiger partial charge on any atom is -0.308 e. The van der Waals surface area contributed by atoms with Crippen LogP contribution in [0.4, 0.5) is 0 Å². The van der Waals surface area contributed by atoms with E-state index in [0.717, 1.165) is 24.7 Å². The molecule has 0 aliphatic rings. The molecule has 21 heavy (non-hydrogen) atoms. The Morgan fingerprint density at radius 2 is 1.86 bits per heavy atom. The van der Waals surface area contributed by atoms with E-state index in [2.05, 4.69) is 75.9 Å². The van der Waals surface area contributed by atoms with Crippen LogP contribution in [0.5, 0.6) is 0 Å². The van der Waals surface area contributed by atoms with Gasteiger partial charge in [0.15, 0.2) is 0 Å². The number of hydrogen-bond donors (Lipinski definition) is 1. The van der Waals surface area contributed by atoms with E-state index in [1.165, 1.54) is 12.0 Å².